The summed E-state index contributed by atoms with van der Waals surface area (Å²) in [5, 5.41) is 3.60. The summed E-state index contributed by atoms with van der Waals surface area (Å²) in [5.74, 6) is 0.659. The monoisotopic (exact) mass is 552 g/mol. The van der Waals surface area contributed by atoms with Crippen molar-refractivity contribution in [3.63, 3.8) is 0 Å². The van der Waals surface area contributed by atoms with Crippen LogP contribution in [0.4, 0.5) is 5.69 Å². The van der Waals surface area contributed by atoms with E-state index >= 15 is 0 Å². The second-order valence-corrected chi connectivity index (χ2v) is 12.0. The number of ketones is 1. The molecule has 2 N–H and O–H groups in total. The van der Waals surface area contributed by atoms with Gasteiger partial charge >= 0.3 is 0 Å². The lowest BCUT2D eigenvalue weighted by Crippen LogP contribution is -2.33. The van der Waals surface area contributed by atoms with Gasteiger partial charge in [-0.25, -0.2) is 4.98 Å². The van der Waals surface area contributed by atoms with Crippen molar-refractivity contribution < 1.29 is 9.59 Å². The van der Waals surface area contributed by atoms with Crippen molar-refractivity contribution in [2.75, 3.05) is 45.2 Å². The second kappa shape index (κ2) is 11.2. The lowest BCUT2D eigenvalue weighted by Gasteiger charge is -2.22. The van der Waals surface area contributed by atoms with Gasteiger partial charge in [0, 0.05) is 63.1 Å². The molecule has 41 heavy (non-hydrogen) atoms. The predicted octanol–water partition coefficient (Wildman–Crippen LogP) is 4.45. The van der Waals surface area contributed by atoms with Gasteiger partial charge in [0.1, 0.15) is 5.82 Å². The quantitative estimate of drug-likeness (QED) is 0.408. The highest BCUT2D eigenvalue weighted by molar-refractivity contribution is 6.22. The molecule has 1 atom stereocenters. The van der Waals surface area contributed by atoms with Gasteiger partial charge < -0.3 is 25.0 Å². The summed E-state index contributed by atoms with van der Waals surface area (Å²) in [6.07, 6.45) is 7.58. The van der Waals surface area contributed by atoms with Crippen LogP contribution in [-0.4, -0.2) is 77.8 Å². The van der Waals surface area contributed by atoms with Crippen LogP contribution in [0.1, 0.15) is 59.1 Å². The Morgan fingerprint density at radius 2 is 1.90 bits per heavy atom. The van der Waals surface area contributed by atoms with E-state index < -0.39 is 0 Å². The zero-order valence-electron chi connectivity index (χ0n) is 24.6. The Morgan fingerprint density at radius 3 is 2.68 bits per heavy atom. The van der Waals surface area contributed by atoms with E-state index in [1.54, 1.807) is 0 Å². The third-order valence-electron chi connectivity index (χ3n) is 8.62. The molecule has 8 nitrogen and oxygen atoms in total. The molecule has 0 bridgehead atoms. The molecular weight excluding hydrogens is 512 g/mol. The number of carbonyl (C=O) groups excluding carboxylic acids is 2. The highest BCUT2D eigenvalue weighted by Crippen LogP contribution is 2.30. The van der Waals surface area contributed by atoms with Gasteiger partial charge in [0.15, 0.2) is 5.78 Å². The standard InChI is InChI=1S/C33H40N6O2/c1-21-10-11-25(37(3)4)17-23(21)16-22(2)34-27-8-7-9-30(40)31(27)32-35-28-18-24-20-39(15-14-38-12-5-6-13-38)33(41)26(24)19-29(28)36-32/h7-8,10-11,17-19,22,34H,5-6,9,12-16,20H2,1-4H3,(H,35,36)/t22-/m0/s1. The molecule has 1 aliphatic carbocycles. The Morgan fingerprint density at radius 1 is 1.10 bits per heavy atom. The van der Waals surface area contributed by atoms with Gasteiger partial charge in [-0.3, -0.25) is 9.59 Å². The molecule has 2 aromatic carbocycles. The fraction of sp³-hybridized carbons (Fsp3) is 0.424. The van der Waals surface area contributed by atoms with Gasteiger partial charge in [0.05, 0.1) is 16.6 Å². The molecule has 3 aromatic rings. The predicted molar refractivity (Wildman–Crippen MR) is 164 cm³/mol. The zero-order chi connectivity index (χ0) is 28.7. The minimum atomic E-state index is 0.0312. The van der Waals surface area contributed by atoms with E-state index in [0.717, 1.165) is 54.9 Å². The number of aromatic nitrogens is 2. The van der Waals surface area contributed by atoms with E-state index in [9.17, 15) is 9.59 Å². The van der Waals surface area contributed by atoms with Crippen molar-refractivity contribution in [3.8, 4) is 0 Å². The number of H-pyrrole nitrogens is 1. The number of benzene rings is 2. The zero-order valence-corrected chi connectivity index (χ0v) is 24.6. The van der Waals surface area contributed by atoms with Gasteiger partial charge in [-0.1, -0.05) is 12.1 Å². The second-order valence-electron chi connectivity index (χ2n) is 12.0. The Labute approximate surface area is 242 Å². The molecule has 0 spiro atoms. The van der Waals surface area contributed by atoms with Crippen LogP contribution in [0.15, 0.2) is 48.2 Å². The van der Waals surface area contributed by atoms with Crippen LogP contribution in [0.5, 0.6) is 0 Å². The first-order valence-corrected chi connectivity index (χ1v) is 14.8. The molecule has 6 rings (SSSR count). The molecule has 0 radical (unpaired) electrons. The van der Waals surface area contributed by atoms with Gasteiger partial charge in [0.25, 0.3) is 5.91 Å². The van der Waals surface area contributed by atoms with Gasteiger partial charge in [-0.2, -0.15) is 0 Å². The van der Waals surface area contributed by atoms with Crippen LogP contribution >= 0.6 is 0 Å². The third kappa shape index (κ3) is 5.53. The molecule has 1 aromatic heterocycles. The molecule has 3 heterocycles. The smallest absolute Gasteiger partial charge is 0.254 e. The fourth-order valence-corrected chi connectivity index (χ4v) is 6.25. The summed E-state index contributed by atoms with van der Waals surface area (Å²) in [4.78, 5) is 41.1. The van der Waals surface area contributed by atoms with Crippen LogP contribution in [0.3, 0.4) is 0 Å². The topological polar surface area (TPSA) is 84.6 Å². The number of rotatable bonds is 9. The van der Waals surface area contributed by atoms with Gasteiger partial charge in [0.2, 0.25) is 0 Å². The molecule has 1 saturated heterocycles. The average molecular weight is 553 g/mol. The summed E-state index contributed by atoms with van der Waals surface area (Å²) in [7, 11) is 4.10. The number of fused-ring (bicyclic) bond motifs is 2. The number of amides is 1. The number of Topliss-reactive ketones (excluding diaryl/α,β-unsaturated/α-hetero) is 1. The number of aryl methyl sites for hydroxylation is 1. The number of nitrogens with zero attached hydrogens (tertiary/aromatic N) is 4. The van der Waals surface area contributed by atoms with Crippen LogP contribution in [0, 0.1) is 6.92 Å². The minimum Gasteiger partial charge on any atom is -0.382 e. The number of aromatic amines is 1. The first-order valence-electron chi connectivity index (χ1n) is 14.8. The van der Waals surface area contributed by atoms with E-state index in [1.807, 2.05) is 29.2 Å². The number of imidazole rings is 1. The lowest BCUT2D eigenvalue weighted by molar-refractivity contribution is -0.113. The number of nitrogens with one attached hydrogen (secondary N) is 2. The van der Waals surface area contributed by atoms with Crippen molar-refractivity contribution >= 4 is 34.0 Å². The van der Waals surface area contributed by atoms with E-state index in [1.165, 1.54) is 29.7 Å². The first-order chi connectivity index (χ1) is 19.8. The van der Waals surface area contributed by atoms with Crippen LogP contribution in [-0.2, 0) is 17.8 Å². The number of hydrogen-bond acceptors (Lipinski definition) is 6. The van der Waals surface area contributed by atoms with Crippen LogP contribution < -0.4 is 10.2 Å². The number of anilines is 1. The maximum absolute atomic E-state index is 13.2. The molecular formula is C33H40N6O2. The van der Waals surface area contributed by atoms with Crippen molar-refractivity contribution in [2.24, 2.45) is 0 Å². The summed E-state index contributed by atoms with van der Waals surface area (Å²) in [6.45, 7) is 8.85. The molecule has 3 aliphatic rings. The van der Waals surface area contributed by atoms with Crippen LogP contribution in [0.2, 0.25) is 0 Å². The van der Waals surface area contributed by atoms with Gasteiger partial charge in [-0.05, 0) is 93.2 Å². The Bertz CT molecular complexity index is 1560. The molecule has 2 aliphatic heterocycles. The average Bonchev–Trinajstić information content (AvgIpc) is 3.67. The fourth-order valence-electron chi connectivity index (χ4n) is 6.25. The molecule has 0 saturated carbocycles. The third-order valence-corrected chi connectivity index (χ3v) is 8.62. The number of likely N-dealkylation sites (tertiary alicyclic amines) is 1. The highest BCUT2D eigenvalue weighted by atomic mass is 16.2. The Hall–Kier alpha value is -3.91. The van der Waals surface area contributed by atoms with Crippen molar-refractivity contribution in [2.45, 2.75) is 52.1 Å². The molecule has 214 valence electrons. The summed E-state index contributed by atoms with van der Waals surface area (Å²) in [5.41, 5.74) is 8.38. The van der Waals surface area contributed by atoms with E-state index in [-0.39, 0.29) is 17.7 Å². The molecule has 8 heteroatoms. The van der Waals surface area contributed by atoms with Crippen molar-refractivity contribution in [1.29, 1.82) is 0 Å². The number of carbonyl (C=O) groups is 2. The van der Waals surface area contributed by atoms with Crippen molar-refractivity contribution in [3.05, 3.63) is 76.3 Å². The maximum atomic E-state index is 13.2. The first kappa shape index (κ1) is 27.3. The highest BCUT2D eigenvalue weighted by Gasteiger charge is 2.30. The lowest BCUT2D eigenvalue weighted by atomic mass is 9.97. The van der Waals surface area contributed by atoms with Gasteiger partial charge in [-0.15, -0.1) is 0 Å². The number of hydrogen-bond donors (Lipinski definition) is 2. The van der Waals surface area contributed by atoms with E-state index in [0.29, 0.717) is 29.9 Å². The van der Waals surface area contributed by atoms with Crippen molar-refractivity contribution in [1.82, 2.24) is 25.1 Å². The number of allylic oxidation sites excluding steroid dienone is 3. The SMILES string of the molecule is Cc1ccc(N(C)C)cc1C[C@H](C)NC1=C(c2nc3cc4c(cc3[nH]2)CN(CCN2CCCC2)C4=O)C(=O)CC=C1. The van der Waals surface area contributed by atoms with E-state index in [2.05, 4.69) is 66.2 Å². The molecule has 1 fully saturated rings. The summed E-state index contributed by atoms with van der Waals surface area (Å²) >= 11 is 0. The summed E-state index contributed by atoms with van der Waals surface area (Å²) in [6, 6.07) is 10.6. The Balaban J connectivity index is 1.22. The van der Waals surface area contributed by atoms with Crippen LogP contribution in [0.25, 0.3) is 16.6 Å². The molecule has 0 unspecified atom stereocenters. The Kier molecular flexibility index (Phi) is 7.43. The summed E-state index contributed by atoms with van der Waals surface area (Å²) < 4.78 is 0. The normalized spacial score (nSPS) is 18.1. The molecule has 1 amide bonds. The maximum Gasteiger partial charge on any atom is 0.254 e. The van der Waals surface area contributed by atoms with E-state index in [4.69, 9.17) is 4.98 Å². The largest absolute Gasteiger partial charge is 0.382 e. The minimum absolute atomic E-state index is 0.0312.